The van der Waals surface area contributed by atoms with Gasteiger partial charge in [-0.25, -0.2) is 0 Å². The normalized spacial score (nSPS) is 15.1. The third-order valence-electron chi connectivity index (χ3n) is 13.9. The highest BCUT2D eigenvalue weighted by Crippen LogP contribution is 2.43. The SMILES string of the molecule is COc1ccc(C(O)(C#CC(C#CC(C#CC(O)(C#C[Si](C(C)C)(C(C)C)C(C)C)c2ccc(OC)cc2)(OC)c2ccccc2)(OC)c2ccccc2)C#C[Si](C(C)C)(C(C)C)C(C)C)cc1. The molecule has 4 atom stereocenters. The summed E-state index contributed by atoms with van der Waals surface area (Å²) in [6.45, 7) is 26.8. The molecule has 4 rings (SSSR count). The summed E-state index contributed by atoms with van der Waals surface area (Å²) in [6, 6.07) is 33.2. The molecule has 0 spiro atoms. The molecule has 0 fully saturated rings. The molecule has 8 heteroatoms. The second kappa shape index (κ2) is 23.2. The quantitative estimate of drug-likeness (QED) is 0.0969. The predicted molar refractivity (Wildman–Crippen MR) is 285 cm³/mol. The Balaban J connectivity index is 2.15. The number of methoxy groups -OCH3 is 4. The average molecular weight is 947 g/mol. The molecular weight excluding hydrogens is 873 g/mol. The standard InChI is InChI=1S/C60H74O6Si2/c1-45(2)67(46(3)4,47(5)6)43-41-57(61,51-27-31-55(63-13)32-28-51)35-37-59(65-15,53-23-19-17-20-24-53)39-40-60(66-16,54-25-21-18-22-26-54)38-36-58(62,52-29-33-56(64-14)34-30-52)42-44-68(48(7)8,49(9)10)50(11)12/h17-34,45-50,61-62H,1-16H3. The molecule has 0 amide bonds. The van der Waals surface area contributed by atoms with Crippen molar-refractivity contribution in [1.29, 1.82) is 0 Å². The van der Waals surface area contributed by atoms with E-state index >= 15 is 0 Å². The lowest BCUT2D eigenvalue weighted by molar-refractivity contribution is 0.0789. The van der Waals surface area contributed by atoms with Gasteiger partial charge in [0.1, 0.15) is 27.6 Å². The van der Waals surface area contributed by atoms with Crippen LogP contribution in [0, 0.1) is 58.5 Å². The second-order valence-corrected chi connectivity index (χ2v) is 30.6. The summed E-state index contributed by atoms with van der Waals surface area (Å²) in [5.74, 6) is 27.8. The lowest BCUT2D eigenvalue weighted by Crippen LogP contribution is -2.44. The van der Waals surface area contributed by atoms with E-state index in [4.69, 9.17) is 18.9 Å². The van der Waals surface area contributed by atoms with E-state index in [1.54, 1.807) is 62.8 Å². The minimum absolute atomic E-state index is 0.316. The van der Waals surface area contributed by atoms with Crippen molar-refractivity contribution in [3.8, 4) is 69.9 Å². The third-order valence-corrected chi connectivity index (χ3v) is 26.5. The zero-order valence-corrected chi connectivity index (χ0v) is 45.4. The van der Waals surface area contributed by atoms with Gasteiger partial charge in [0, 0.05) is 36.5 Å². The summed E-state index contributed by atoms with van der Waals surface area (Å²) in [4.78, 5) is 0. The van der Waals surface area contributed by atoms with Crippen molar-refractivity contribution < 1.29 is 29.2 Å². The van der Waals surface area contributed by atoms with E-state index in [1.807, 2.05) is 60.7 Å². The lowest BCUT2D eigenvalue weighted by Gasteiger charge is -2.38. The molecule has 0 aliphatic heterocycles. The van der Waals surface area contributed by atoms with Gasteiger partial charge in [-0.3, -0.25) is 0 Å². The first-order valence-corrected chi connectivity index (χ1v) is 28.2. The fraction of sp³-hybridized carbons (Fsp3) is 0.433. The number of benzene rings is 4. The molecule has 0 radical (unpaired) electrons. The van der Waals surface area contributed by atoms with Crippen LogP contribution in [0.3, 0.4) is 0 Å². The number of aliphatic hydroxyl groups is 2. The summed E-state index contributed by atoms with van der Waals surface area (Å²) >= 11 is 0. The molecule has 4 unspecified atom stereocenters. The van der Waals surface area contributed by atoms with Gasteiger partial charge in [0.2, 0.25) is 22.4 Å². The van der Waals surface area contributed by atoms with Gasteiger partial charge in [0.05, 0.1) is 14.2 Å². The Bertz CT molecular complexity index is 2370. The largest absolute Gasteiger partial charge is 0.497 e. The van der Waals surface area contributed by atoms with Gasteiger partial charge >= 0.3 is 0 Å². The number of hydrogen-bond acceptors (Lipinski definition) is 6. The van der Waals surface area contributed by atoms with Gasteiger partial charge in [-0.1, -0.05) is 180 Å². The molecule has 0 saturated carbocycles. The number of ether oxygens (including phenoxy) is 4. The van der Waals surface area contributed by atoms with Crippen LogP contribution in [0.1, 0.15) is 105 Å². The Kier molecular flexibility index (Phi) is 18.8. The lowest BCUT2D eigenvalue weighted by atomic mass is 9.87. The van der Waals surface area contributed by atoms with Crippen LogP contribution in [0.2, 0.25) is 33.2 Å². The first-order chi connectivity index (χ1) is 32.1. The summed E-state index contributed by atoms with van der Waals surface area (Å²) in [5.41, 5.74) is 4.39. The summed E-state index contributed by atoms with van der Waals surface area (Å²) in [7, 11) is 1.60. The van der Waals surface area contributed by atoms with E-state index in [-0.39, 0.29) is 0 Å². The van der Waals surface area contributed by atoms with Crippen molar-refractivity contribution in [3.05, 3.63) is 131 Å². The van der Waals surface area contributed by atoms with Crippen LogP contribution in [0.25, 0.3) is 0 Å². The van der Waals surface area contributed by atoms with Crippen LogP contribution in [0.4, 0.5) is 0 Å². The monoisotopic (exact) mass is 947 g/mol. The van der Waals surface area contributed by atoms with Crippen molar-refractivity contribution >= 4 is 16.1 Å². The van der Waals surface area contributed by atoms with Crippen molar-refractivity contribution in [2.75, 3.05) is 28.4 Å². The topological polar surface area (TPSA) is 77.4 Å². The molecular formula is C60H74O6Si2. The molecule has 2 N–H and O–H groups in total. The fourth-order valence-electron chi connectivity index (χ4n) is 9.95. The molecule has 0 aliphatic rings. The third kappa shape index (κ3) is 11.7. The van der Waals surface area contributed by atoms with Crippen LogP contribution >= 0.6 is 0 Å². The van der Waals surface area contributed by atoms with E-state index in [0.717, 1.165) is 0 Å². The van der Waals surface area contributed by atoms with Crippen LogP contribution in [-0.4, -0.2) is 54.8 Å². The van der Waals surface area contributed by atoms with Crippen molar-refractivity contribution in [2.45, 2.75) is 139 Å². The molecule has 358 valence electrons. The van der Waals surface area contributed by atoms with E-state index in [0.29, 0.717) is 67.0 Å². The molecule has 6 nitrogen and oxygen atoms in total. The minimum Gasteiger partial charge on any atom is -0.497 e. The van der Waals surface area contributed by atoms with Crippen LogP contribution in [0.15, 0.2) is 109 Å². The highest BCUT2D eigenvalue weighted by molar-refractivity contribution is 6.91. The van der Waals surface area contributed by atoms with Crippen molar-refractivity contribution in [1.82, 2.24) is 0 Å². The van der Waals surface area contributed by atoms with Crippen LogP contribution < -0.4 is 9.47 Å². The summed E-state index contributed by atoms with van der Waals surface area (Å²) < 4.78 is 23.8. The minimum atomic E-state index is -2.34. The van der Waals surface area contributed by atoms with Crippen molar-refractivity contribution in [3.63, 3.8) is 0 Å². The van der Waals surface area contributed by atoms with Gasteiger partial charge < -0.3 is 29.2 Å². The van der Waals surface area contributed by atoms with Crippen molar-refractivity contribution in [2.24, 2.45) is 0 Å². The molecule has 4 aromatic carbocycles. The zero-order chi connectivity index (χ0) is 50.6. The molecule has 0 saturated heterocycles. The Labute approximate surface area is 412 Å². The summed E-state index contributed by atoms with van der Waals surface area (Å²) in [6.07, 6.45) is 0. The number of hydrogen-bond donors (Lipinski definition) is 2. The molecule has 0 bridgehead atoms. The van der Waals surface area contributed by atoms with E-state index < -0.39 is 38.6 Å². The zero-order valence-electron chi connectivity index (χ0n) is 43.4. The molecule has 0 aliphatic carbocycles. The maximum atomic E-state index is 12.9. The highest BCUT2D eigenvalue weighted by atomic mass is 28.3. The average Bonchev–Trinajstić information content (AvgIpc) is 3.33. The summed E-state index contributed by atoms with van der Waals surface area (Å²) in [5, 5.41) is 25.8. The molecule has 0 heterocycles. The highest BCUT2D eigenvalue weighted by Gasteiger charge is 2.44. The van der Waals surface area contributed by atoms with Gasteiger partial charge in [-0.05, 0) is 93.0 Å². The Morgan fingerprint density at radius 3 is 0.853 bits per heavy atom. The number of rotatable bonds is 14. The van der Waals surface area contributed by atoms with E-state index in [1.165, 1.54) is 14.2 Å². The maximum Gasteiger partial charge on any atom is 0.216 e. The van der Waals surface area contributed by atoms with Gasteiger partial charge in [-0.15, -0.1) is 11.1 Å². The second-order valence-electron chi connectivity index (χ2n) is 19.4. The Morgan fingerprint density at radius 2 is 0.618 bits per heavy atom. The Hall–Kier alpha value is -5.45. The molecule has 68 heavy (non-hydrogen) atoms. The first-order valence-electron chi connectivity index (χ1n) is 23.8. The van der Waals surface area contributed by atoms with Crippen LogP contribution in [0.5, 0.6) is 11.5 Å². The van der Waals surface area contributed by atoms with E-state index in [9.17, 15) is 10.2 Å². The van der Waals surface area contributed by atoms with Gasteiger partial charge in [-0.2, -0.15) is 0 Å². The Morgan fingerprint density at radius 1 is 0.353 bits per heavy atom. The smallest absolute Gasteiger partial charge is 0.216 e. The van der Waals surface area contributed by atoms with Gasteiger partial charge in [0.25, 0.3) is 0 Å². The maximum absolute atomic E-state index is 12.9. The predicted octanol–water partition coefficient (Wildman–Crippen LogP) is 12.3. The first kappa shape index (κ1) is 55.2. The molecule has 4 aromatic rings. The van der Waals surface area contributed by atoms with E-state index in [2.05, 4.69) is 142 Å². The van der Waals surface area contributed by atoms with Crippen LogP contribution in [-0.2, 0) is 31.9 Å². The molecule has 0 aromatic heterocycles. The fourth-order valence-corrected chi connectivity index (χ4v) is 20.5. The van der Waals surface area contributed by atoms with Gasteiger partial charge in [0.15, 0.2) is 0 Å².